The van der Waals surface area contributed by atoms with Gasteiger partial charge in [0.15, 0.2) is 0 Å². The lowest BCUT2D eigenvalue weighted by Crippen LogP contribution is -2.25. The van der Waals surface area contributed by atoms with Gasteiger partial charge in [-0.05, 0) is 42.7 Å². The Morgan fingerprint density at radius 1 is 1.15 bits per heavy atom. The number of phenolic OH excluding ortho intramolecular Hbond substituents is 1. The molecule has 0 spiro atoms. The number of aromatic hydroxyl groups is 1. The maximum atomic E-state index is 13.4. The summed E-state index contributed by atoms with van der Waals surface area (Å²) in [4.78, 5) is 11.7. The number of carbonyl (C=O) groups excluding carboxylic acids is 1. The van der Waals surface area contributed by atoms with E-state index in [0.29, 0.717) is 6.54 Å². The molecule has 0 heterocycles. The molecule has 2 rings (SSSR count). The summed E-state index contributed by atoms with van der Waals surface area (Å²) >= 11 is 0. The Balaban J connectivity index is 1.79. The summed E-state index contributed by atoms with van der Waals surface area (Å²) < 4.78 is 13.4. The van der Waals surface area contributed by atoms with Gasteiger partial charge in [0, 0.05) is 6.54 Å². The van der Waals surface area contributed by atoms with Crippen molar-refractivity contribution >= 4 is 5.91 Å². The fourth-order valence-corrected chi connectivity index (χ4v) is 1.95. The van der Waals surface area contributed by atoms with Gasteiger partial charge in [0.1, 0.15) is 11.6 Å². The van der Waals surface area contributed by atoms with Crippen LogP contribution >= 0.6 is 0 Å². The van der Waals surface area contributed by atoms with E-state index >= 15 is 0 Å². The average Bonchev–Trinajstić information content (AvgIpc) is 2.44. The van der Waals surface area contributed by atoms with Crippen molar-refractivity contribution in [2.75, 3.05) is 6.54 Å². The molecular weight excluding hydrogens is 257 g/mol. The SMILES string of the molecule is O=C(NCCCc1cccc(O)c1)c1ccccc1F. The van der Waals surface area contributed by atoms with Crippen molar-refractivity contribution in [1.29, 1.82) is 0 Å². The first-order chi connectivity index (χ1) is 9.66. The van der Waals surface area contributed by atoms with Crippen LogP contribution in [0, 0.1) is 5.82 Å². The first-order valence-corrected chi connectivity index (χ1v) is 6.47. The van der Waals surface area contributed by atoms with E-state index in [1.807, 2.05) is 6.07 Å². The number of hydrogen-bond donors (Lipinski definition) is 2. The predicted octanol–water partition coefficient (Wildman–Crippen LogP) is 2.89. The zero-order chi connectivity index (χ0) is 14.4. The summed E-state index contributed by atoms with van der Waals surface area (Å²) in [5.74, 6) is -0.685. The molecule has 0 saturated carbocycles. The molecule has 0 aliphatic heterocycles. The van der Waals surface area contributed by atoms with E-state index in [2.05, 4.69) is 5.32 Å². The van der Waals surface area contributed by atoms with Crippen LogP contribution in [0.3, 0.4) is 0 Å². The highest BCUT2D eigenvalue weighted by Crippen LogP contribution is 2.12. The van der Waals surface area contributed by atoms with Gasteiger partial charge in [-0.15, -0.1) is 0 Å². The number of rotatable bonds is 5. The van der Waals surface area contributed by atoms with E-state index < -0.39 is 11.7 Å². The Hall–Kier alpha value is -2.36. The lowest BCUT2D eigenvalue weighted by molar-refractivity contribution is 0.0949. The van der Waals surface area contributed by atoms with Crippen molar-refractivity contribution in [3.05, 3.63) is 65.5 Å². The van der Waals surface area contributed by atoms with E-state index in [0.717, 1.165) is 18.4 Å². The van der Waals surface area contributed by atoms with Gasteiger partial charge in [-0.1, -0.05) is 24.3 Å². The minimum atomic E-state index is -0.516. The lowest BCUT2D eigenvalue weighted by atomic mass is 10.1. The minimum Gasteiger partial charge on any atom is -0.508 e. The maximum Gasteiger partial charge on any atom is 0.254 e. The predicted molar refractivity (Wildman–Crippen MR) is 75.2 cm³/mol. The molecule has 0 radical (unpaired) electrons. The van der Waals surface area contributed by atoms with E-state index in [4.69, 9.17) is 0 Å². The number of amides is 1. The summed E-state index contributed by atoms with van der Waals surface area (Å²) in [6.45, 7) is 0.461. The van der Waals surface area contributed by atoms with Gasteiger partial charge < -0.3 is 10.4 Å². The van der Waals surface area contributed by atoms with Crippen molar-refractivity contribution in [3.63, 3.8) is 0 Å². The summed E-state index contributed by atoms with van der Waals surface area (Å²) in [6, 6.07) is 12.9. The third-order valence-corrected chi connectivity index (χ3v) is 2.96. The zero-order valence-electron chi connectivity index (χ0n) is 11.0. The summed E-state index contributed by atoms with van der Waals surface area (Å²) in [7, 11) is 0. The van der Waals surface area contributed by atoms with Crippen LogP contribution in [-0.2, 0) is 6.42 Å². The second-order valence-electron chi connectivity index (χ2n) is 4.51. The van der Waals surface area contributed by atoms with Gasteiger partial charge in [0.2, 0.25) is 0 Å². The van der Waals surface area contributed by atoms with Crippen molar-refractivity contribution < 1.29 is 14.3 Å². The van der Waals surface area contributed by atoms with Crippen LogP contribution < -0.4 is 5.32 Å². The van der Waals surface area contributed by atoms with Crippen molar-refractivity contribution in [2.24, 2.45) is 0 Å². The highest BCUT2D eigenvalue weighted by atomic mass is 19.1. The Bertz CT molecular complexity index is 599. The van der Waals surface area contributed by atoms with E-state index in [9.17, 15) is 14.3 Å². The average molecular weight is 273 g/mol. The van der Waals surface area contributed by atoms with Crippen LogP contribution in [0.4, 0.5) is 4.39 Å². The number of nitrogens with one attached hydrogen (secondary N) is 1. The monoisotopic (exact) mass is 273 g/mol. The van der Waals surface area contributed by atoms with Crippen LogP contribution in [0.15, 0.2) is 48.5 Å². The van der Waals surface area contributed by atoms with Crippen LogP contribution in [0.2, 0.25) is 0 Å². The molecule has 0 aliphatic rings. The fourth-order valence-electron chi connectivity index (χ4n) is 1.95. The summed E-state index contributed by atoms with van der Waals surface area (Å²) in [5, 5.41) is 12.0. The largest absolute Gasteiger partial charge is 0.508 e. The van der Waals surface area contributed by atoms with Gasteiger partial charge in [0.05, 0.1) is 5.56 Å². The third kappa shape index (κ3) is 3.82. The quantitative estimate of drug-likeness (QED) is 0.823. The molecule has 0 aromatic heterocycles. The number of halogens is 1. The van der Waals surface area contributed by atoms with Crippen LogP contribution in [0.25, 0.3) is 0 Å². The molecule has 104 valence electrons. The second kappa shape index (κ2) is 6.70. The first kappa shape index (κ1) is 14.1. The number of phenols is 1. The van der Waals surface area contributed by atoms with Gasteiger partial charge >= 0.3 is 0 Å². The molecule has 0 aliphatic carbocycles. The number of aryl methyl sites for hydroxylation is 1. The second-order valence-corrected chi connectivity index (χ2v) is 4.51. The van der Waals surface area contributed by atoms with E-state index in [-0.39, 0.29) is 11.3 Å². The first-order valence-electron chi connectivity index (χ1n) is 6.47. The molecule has 2 aromatic rings. The molecule has 3 nitrogen and oxygen atoms in total. The number of hydrogen-bond acceptors (Lipinski definition) is 2. The van der Waals surface area contributed by atoms with Crippen LogP contribution in [0.5, 0.6) is 5.75 Å². The van der Waals surface area contributed by atoms with Crippen LogP contribution in [-0.4, -0.2) is 17.6 Å². The van der Waals surface area contributed by atoms with Gasteiger partial charge in [-0.25, -0.2) is 4.39 Å². The normalized spacial score (nSPS) is 10.2. The van der Waals surface area contributed by atoms with Crippen molar-refractivity contribution in [2.45, 2.75) is 12.8 Å². The smallest absolute Gasteiger partial charge is 0.254 e. The van der Waals surface area contributed by atoms with Gasteiger partial charge in [-0.2, -0.15) is 0 Å². The summed E-state index contributed by atoms with van der Waals surface area (Å²) in [5.41, 5.74) is 1.06. The van der Waals surface area contributed by atoms with Crippen LogP contribution in [0.1, 0.15) is 22.3 Å². The maximum absolute atomic E-state index is 13.4. The number of benzene rings is 2. The molecule has 0 saturated heterocycles. The minimum absolute atomic E-state index is 0.0601. The van der Waals surface area contributed by atoms with Gasteiger partial charge in [0.25, 0.3) is 5.91 Å². The zero-order valence-corrected chi connectivity index (χ0v) is 11.0. The molecule has 0 bridgehead atoms. The van der Waals surface area contributed by atoms with E-state index in [1.165, 1.54) is 12.1 Å². The number of carbonyl (C=O) groups is 1. The molecule has 4 heteroatoms. The van der Waals surface area contributed by atoms with Crippen molar-refractivity contribution in [3.8, 4) is 5.75 Å². The fraction of sp³-hybridized carbons (Fsp3) is 0.188. The molecule has 0 fully saturated rings. The highest BCUT2D eigenvalue weighted by molar-refractivity contribution is 5.94. The Morgan fingerprint density at radius 3 is 2.70 bits per heavy atom. The Kier molecular flexibility index (Phi) is 4.71. The Labute approximate surface area is 117 Å². The standard InChI is InChI=1S/C16H16FNO2/c17-15-9-2-1-8-14(15)16(20)18-10-4-6-12-5-3-7-13(19)11-12/h1-3,5,7-9,11,19H,4,6,10H2,(H,18,20). The highest BCUT2D eigenvalue weighted by Gasteiger charge is 2.09. The third-order valence-electron chi connectivity index (χ3n) is 2.96. The molecule has 0 unspecified atom stereocenters. The van der Waals surface area contributed by atoms with E-state index in [1.54, 1.807) is 30.3 Å². The van der Waals surface area contributed by atoms with Gasteiger partial charge in [-0.3, -0.25) is 4.79 Å². The summed E-state index contributed by atoms with van der Waals surface area (Å²) in [6.07, 6.45) is 1.47. The van der Waals surface area contributed by atoms with Crippen molar-refractivity contribution in [1.82, 2.24) is 5.32 Å². The molecule has 20 heavy (non-hydrogen) atoms. The molecule has 2 N–H and O–H groups in total. The topological polar surface area (TPSA) is 49.3 Å². The molecule has 2 aromatic carbocycles. The molecular formula is C16H16FNO2. The molecule has 0 atom stereocenters. The Morgan fingerprint density at radius 2 is 1.95 bits per heavy atom. The lowest BCUT2D eigenvalue weighted by Gasteiger charge is -2.06. The molecule has 1 amide bonds.